The molecule has 5 heteroatoms. The topological polar surface area (TPSA) is 53.9 Å². The van der Waals surface area contributed by atoms with Crippen LogP contribution in [0.15, 0.2) is 46.1 Å². The molecular formula is C14H12N4S. The summed E-state index contributed by atoms with van der Waals surface area (Å²) < 4.78 is 0. The second kappa shape index (κ2) is 5.16. The molecule has 0 saturated heterocycles. The first kappa shape index (κ1) is 11.8. The van der Waals surface area contributed by atoms with Crippen LogP contribution in [0.1, 0.15) is 5.69 Å². The molecule has 0 aliphatic heterocycles. The quantitative estimate of drug-likeness (QED) is 0.741. The van der Waals surface area contributed by atoms with Crippen LogP contribution in [-0.4, -0.2) is 28.7 Å². The van der Waals surface area contributed by atoms with E-state index in [4.69, 9.17) is 0 Å². The number of aliphatic imine (C=N–C) groups is 1. The smallest absolute Gasteiger partial charge is 0.121 e. The molecule has 0 radical (unpaired) electrons. The summed E-state index contributed by atoms with van der Waals surface area (Å²) in [7, 11) is 1.73. The van der Waals surface area contributed by atoms with Gasteiger partial charge in [0, 0.05) is 18.8 Å². The summed E-state index contributed by atoms with van der Waals surface area (Å²) >= 11 is 1.69. The van der Waals surface area contributed by atoms with E-state index in [1.165, 1.54) is 11.1 Å². The number of aromatic amines is 1. The number of hydrogen-bond acceptors (Lipinski definition) is 4. The van der Waals surface area contributed by atoms with Crippen LogP contribution in [0.4, 0.5) is 0 Å². The molecule has 94 valence electrons. The number of nitrogens with one attached hydrogen (secondary N) is 1. The highest BCUT2D eigenvalue weighted by Crippen LogP contribution is 2.27. The standard InChI is InChI=1S/C14H12N4S/c1-15-8-13-14(17-18-16-13)11-4-2-3-10(7-11)12-5-6-19-9-12/h2-9H,1H3,(H,16,17,18)/b15-8+. The highest BCUT2D eigenvalue weighted by Gasteiger charge is 2.09. The zero-order chi connectivity index (χ0) is 13.1. The van der Waals surface area contributed by atoms with Crippen molar-refractivity contribution >= 4 is 17.6 Å². The van der Waals surface area contributed by atoms with Crippen LogP contribution in [-0.2, 0) is 0 Å². The molecule has 0 atom stereocenters. The van der Waals surface area contributed by atoms with Crippen LogP contribution in [0.3, 0.4) is 0 Å². The Morgan fingerprint density at radius 2 is 2.11 bits per heavy atom. The van der Waals surface area contributed by atoms with E-state index in [-0.39, 0.29) is 0 Å². The van der Waals surface area contributed by atoms with E-state index in [1.807, 2.05) is 12.1 Å². The second-order valence-electron chi connectivity index (χ2n) is 4.05. The van der Waals surface area contributed by atoms with E-state index in [2.05, 4.69) is 49.4 Å². The number of hydrogen-bond donors (Lipinski definition) is 1. The van der Waals surface area contributed by atoms with Crippen LogP contribution >= 0.6 is 11.3 Å². The number of nitrogens with zero attached hydrogens (tertiary/aromatic N) is 3. The largest absolute Gasteiger partial charge is 0.294 e. The second-order valence-corrected chi connectivity index (χ2v) is 4.83. The molecular weight excluding hydrogens is 256 g/mol. The lowest BCUT2D eigenvalue weighted by Gasteiger charge is -2.02. The van der Waals surface area contributed by atoms with Gasteiger partial charge in [0.15, 0.2) is 0 Å². The Kier molecular flexibility index (Phi) is 3.20. The van der Waals surface area contributed by atoms with E-state index in [9.17, 15) is 0 Å². The lowest BCUT2D eigenvalue weighted by Crippen LogP contribution is -1.87. The van der Waals surface area contributed by atoms with Gasteiger partial charge in [-0.15, -0.1) is 5.10 Å². The Hall–Kier alpha value is -2.27. The van der Waals surface area contributed by atoms with Gasteiger partial charge >= 0.3 is 0 Å². The molecule has 1 N–H and O–H groups in total. The highest BCUT2D eigenvalue weighted by atomic mass is 32.1. The van der Waals surface area contributed by atoms with E-state index < -0.39 is 0 Å². The molecule has 0 aliphatic rings. The van der Waals surface area contributed by atoms with E-state index in [0.29, 0.717) is 0 Å². The fourth-order valence-electron chi connectivity index (χ4n) is 1.94. The van der Waals surface area contributed by atoms with Crippen molar-refractivity contribution in [2.45, 2.75) is 0 Å². The monoisotopic (exact) mass is 268 g/mol. The molecule has 0 bridgehead atoms. The molecule has 0 aliphatic carbocycles. The van der Waals surface area contributed by atoms with Crippen molar-refractivity contribution in [3.63, 3.8) is 0 Å². The van der Waals surface area contributed by atoms with Gasteiger partial charge < -0.3 is 0 Å². The number of H-pyrrole nitrogens is 1. The Balaban J connectivity index is 2.06. The molecule has 0 spiro atoms. The first-order chi connectivity index (χ1) is 9.38. The minimum atomic E-state index is 0.822. The van der Waals surface area contributed by atoms with Gasteiger partial charge in [-0.2, -0.15) is 11.3 Å². The summed E-state index contributed by atoms with van der Waals surface area (Å²) in [6.45, 7) is 0. The van der Waals surface area contributed by atoms with Gasteiger partial charge in [-0.3, -0.25) is 10.1 Å². The molecule has 0 amide bonds. The SMILES string of the molecule is C/N=C/c1[nH]nnc1-c1cccc(-c2ccsc2)c1. The summed E-state index contributed by atoms with van der Waals surface area (Å²) in [5.74, 6) is 0. The summed E-state index contributed by atoms with van der Waals surface area (Å²) in [5, 5.41) is 15.0. The molecule has 3 rings (SSSR count). The summed E-state index contributed by atoms with van der Waals surface area (Å²) in [6.07, 6.45) is 1.73. The number of rotatable bonds is 3. The zero-order valence-electron chi connectivity index (χ0n) is 10.4. The van der Waals surface area contributed by atoms with Crippen LogP contribution in [0.25, 0.3) is 22.4 Å². The molecule has 0 unspecified atom stereocenters. The van der Waals surface area contributed by atoms with Gasteiger partial charge in [0.2, 0.25) is 0 Å². The molecule has 3 aromatic rings. The van der Waals surface area contributed by atoms with Crippen LogP contribution < -0.4 is 0 Å². The third kappa shape index (κ3) is 2.32. The van der Waals surface area contributed by atoms with Crippen molar-refractivity contribution in [1.29, 1.82) is 0 Å². The molecule has 0 saturated carbocycles. The molecule has 2 aromatic heterocycles. The number of aromatic nitrogens is 3. The molecule has 2 heterocycles. The van der Waals surface area contributed by atoms with E-state index in [1.54, 1.807) is 24.6 Å². The molecule has 0 fully saturated rings. The number of thiophene rings is 1. The summed E-state index contributed by atoms with van der Waals surface area (Å²) in [5.41, 5.74) is 5.09. The van der Waals surface area contributed by atoms with Gasteiger partial charge in [-0.05, 0) is 34.0 Å². The Labute approximate surface area is 114 Å². The van der Waals surface area contributed by atoms with Crippen molar-refractivity contribution in [1.82, 2.24) is 15.4 Å². The van der Waals surface area contributed by atoms with Crippen LogP contribution in [0, 0.1) is 0 Å². The summed E-state index contributed by atoms with van der Waals surface area (Å²) in [4.78, 5) is 4.00. The van der Waals surface area contributed by atoms with Gasteiger partial charge in [0.1, 0.15) is 11.4 Å². The van der Waals surface area contributed by atoms with E-state index in [0.717, 1.165) is 17.0 Å². The van der Waals surface area contributed by atoms with Gasteiger partial charge in [0.05, 0.1) is 0 Å². The maximum atomic E-state index is 4.13. The minimum absolute atomic E-state index is 0.822. The van der Waals surface area contributed by atoms with Crippen LogP contribution in [0.5, 0.6) is 0 Å². The normalized spacial score (nSPS) is 11.2. The van der Waals surface area contributed by atoms with Crippen molar-refractivity contribution in [2.75, 3.05) is 7.05 Å². The first-order valence-electron chi connectivity index (χ1n) is 5.84. The lowest BCUT2D eigenvalue weighted by atomic mass is 10.0. The van der Waals surface area contributed by atoms with Crippen molar-refractivity contribution in [3.8, 4) is 22.4 Å². The zero-order valence-corrected chi connectivity index (χ0v) is 11.2. The van der Waals surface area contributed by atoms with Crippen molar-refractivity contribution in [2.24, 2.45) is 4.99 Å². The average Bonchev–Trinajstić information content (AvgIpc) is 3.10. The average molecular weight is 268 g/mol. The predicted molar refractivity (Wildman–Crippen MR) is 78.6 cm³/mol. The summed E-state index contributed by atoms with van der Waals surface area (Å²) in [6, 6.07) is 10.4. The van der Waals surface area contributed by atoms with Gasteiger partial charge in [-0.1, -0.05) is 23.4 Å². The van der Waals surface area contributed by atoms with Gasteiger partial charge in [-0.25, -0.2) is 0 Å². The van der Waals surface area contributed by atoms with Crippen molar-refractivity contribution in [3.05, 3.63) is 46.8 Å². The molecule has 19 heavy (non-hydrogen) atoms. The Bertz CT molecular complexity index is 698. The first-order valence-corrected chi connectivity index (χ1v) is 6.79. The highest BCUT2D eigenvalue weighted by molar-refractivity contribution is 7.08. The van der Waals surface area contributed by atoms with Gasteiger partial charge in [0.25, 0.3) is 0 Å². The Morgan fingerprint density at radius 3 is 2.89 bits per heavy atom. The fraction of sp³-hybridized carbons (Fsp3) is 0.0714. The molecule has 1 aromatic carbocycles. The third-order valence-electron chi connectivity index (χ3n) is 2.82. The molecule has 4 nitrogen and oxygen atoms in total. The Morgan fingerprint density at radius 1 is 1.21 bits per heavy atom. The maximum Gasteiger partial charge on any atom is 0.121 e. The fourth-order valence-corrected chi connectivity index (χ4v) is 2.61. The van der Waals surface area contributed by atoms with E-state index >= 15 is 0 Å². The minimum Gasteiger partial charge on any atom is -0.294 e. The maximum absolute atomic E-state index is 4.13. The number of benzene rings is 1. The van der Waals surface area contributed by atoms with Crippen LogP contribution in [0.2, 0.25) is 0 Å². The third-order valence-corrected chi connectivity index (χ3v) is 3.51. The predicted octanol–water partition coefficient (Wildman–Crippen LogP) is 3.25. The van der Waals surface area contributed by atoms with Crippen molar-refractivity contribution < 1.29 is 0 Å². The lowest BCUT2D eigenvalue weighted by molar-refractivity contribution is 0.940.